The van der Waals surface area contributed by atoms with E-state index < -0.39 is 0 Å². The summed E-state index contributed by atoms with van der Waals surface area (Å²) >= 11 is 0. The van der Waals surface area contributed by atoms with Gasteiger partial charge in [-0.3, -0.25) is 0 Å². The molecule has 0 amide bonds. The lowest BCUT2D eigenvalue weighted by atomic mass is 9.71. The Morgan fingerprint density at radius 1 is 1.38 bits per heavy atom. The molecule has 0 radical (unpaired) electrons. The molecule has 1 aliphatic carbocycles. The third-order valence-corrected chi connectivity index (χ3v) is 5.59. The molecule has 21 heavy (non-hydrogen) atoms. The Kier molecular flexibility index (Phi) is 5.15. The van der Waals surface area contributed by atoms with Crippen LogP contribution in [0.5, 0.6) is 0 Å². The van der Waals surface area contributed by atoms with Crippen LogP contribution in [0, 0.1) is 11.3 Å². The van der Waals surface area contributed by atoms with Gasteiger partial charge in [-0.05, 0) is 38.6 Å². The van der Waals surface area contributed by atoms with Crippen LogP contribution in [0.4, 0.5) is 0 Å². The van der Waals surface area contributed by atoms with Crippen LogP contribution in [-0.4, -0.2) is 46.3 Å². The summed E-state index contributed by atoms with van der Waals surface area (Å²) in [5, 5.41) is 22.6. The van der Waals surface area contributed by atoms with Crippen molar-refractivity contribution in [3.63, 3.8) is 0 Å². The molecule has 1 heterocycles. The number of rotatable bonds is 5. The first-order chi connectivity index (χ1) is 9.87. The van der Waals surface area contributed by atoms with E-state index in [0.29, 0.717) is 11.8 Å². The zero-order valence-corrected chi connectivity index (χ0v) is 13.5. The highest BCUT2D eigenvalue weighted by molar-refractivity contribution is 5.85. The standard InChI is InChI=1S/C16H31N3O2/c1-15(2,14(17)18-21)7-5-10-19-11-9-16(20)8-4-3-6-13(16)12-19/h13,20-21H,3-12H2,1-2H3,(H2,17,18). The van der Waals surface area contributed by atoms with Crippen molar-refractivity contribution in [2.24, 2.45) is 22.2 Å². The largest absolute Gasteiger partial charge is 0.409 e. The monoisotopic (exact) mass is 297 g/mol. The van der Waals surface area contributed by atoms with Crippen molar-refractivity contribution in [1.82, 2.24) is 4.90 Å². The van der Waals surface area contributed by atoms with Gasteiger partial charge in [0.15, 0.2) is 0 Å². The van der Waals surface area contributed by atoms with Gasteiger partial charge in [0.1, 0.15) is 5.84 Å². The molecule has 5 heteroatoms. The maximum absolute atomic E-state index is 10.7. The second-order valence-corrected chi connectivity index (χ2v) is 7.57. The molecule has 2 rings (SSSR count). The number of oxime groups is 1. The van der Waals surface area contributed by atoms with Crippen LogP contribution in [0.3, 0.4) is 0 Å². The molecular formula is C16H31N3O2. The van der Waals surface area contributed by atoms with Crippen molar-refractivity contribution < 1.29 is 10.3 Å². The van der Waals surface area contributed by atoms with Crippen LogP contribution < -0.4 is 5.73 Å². The first kappa shape index (κ1) is 16.6. The number of hydrogen-bond acceptors (Lipinski definition) is 4. The normalized spacial score (nSPS) is 32.0. The smallest absolute Gasteiger partial charge is 0.144 e. The predicted octanol–water partition coefficient (Wildman–Crippen LogP) is 2.17. The number of piperidine rings is 1. The topological polar surface area (TPSA) is 82.1 Å². The fourth-order valence-corrected chi connectivity index (χ4v) is 3.85. The minimum atomic E-state index is -0.387. The molecule has 2 fully saturated rings. The summed E-state index contributed by atoms with van der Waals surface area (Å²) in [4.78, 5) is 2.48. The summed E-state index contributed by atoms with van der Waals surface area (Å²) in [6.07, 6.45) is 7.47. The minimum absolute atomic E-state index is 0.254. The summed E-state index contributed by atoms with van der Waals surface area (Å²) in [5.74, 6) is 0.764. The molecule has 5 nitrogen and oxygen atoms in total. The van der Waals surface area contributed by atoms with Gasteiger partial charge in [-0.1, -0.05) is 31.8 Å². The summed E-state index contributed by atoms with van der Waals surface area (Å²) in [6.45, 7) is 7.09. The molecule has 2 atom stereocenters. The highest BCUT2D eigenvalue weighted by atomic mass is 16.4. The lowest BCUT2D eigenvalue weighted by Crippen LogP contribution is -2.53. The van der Waals surface area contributed by atoms with Crippen LogP contribution >= 0.6 is 0 Å². The van der Waals surface area contributed by atoms with Crippen LogP contribution in [0.15, 0.2) is 5.16 Å². The zero-order valence-electron chi connectivity index (χ0n) is 13.5. The van der Waals surface area contributed by atoms with E-state index in [0.717, 1.165) is 45.3 Å². The van der Waals surface area contributed by atoms with Crippen LogP contribution in [0.25, 0.3) is 0 Å². The number of likely N-dealkylation sites (tertiary alicyclic amines) is 1. The first-order valence-electron chi connectivity index (χ1n) is 8.30. The number of aliphatic hydroxyl groups is 1. The average molecular weight is 297 g/mol. The van der Waals surface area contributed by atoms with Crippen molar-refractivity contribution in [1.29, 1.82) is 0 Å². The number of nitrogens with two attached hydrogens (primary N) is 1. The molecule has 1 saturated carbocycles. The molecule has 2 aliphatic rings. The van der Waals surface area contributed by atoms with Gasteiger partial charge in [-0.25, -0.2) is 0 Å². The summed E-state index contributed by atoms with van der Waals surface area (Å²) in [7, 11) is 0. The van der Waals surface area contributed by atoms with E-state index in [1.165, 1.54) is 19.3 Å². The Morgan fingerprint density at radius 3 is 2.86 bits per heavy atom. The molecule has 0 bridgehead atoms. The first-order valence-corrected chi connectivity index (χ1v) is 8.30. The molecule has 0 aromatic rings. The lowest BCUT2D eigenvalue weighted by Gasteiger charge is -2.47. The van der Waals surface area contributed by atoms with E-state index in [9.17, 15) is 5.11 Å². The van der Waals surface area contributed by atoms with Gasteiger partial charge in [0.25, 0.3) is 0 Å². The molecule has 4 N–H and O–H groups in total. The SMILES string of the molecule is CC(C)(CCCN1CCC2(O)CCCCC2C1)C(N)=NO. The van der Waals surface area contributed by atoms with E-state index in [-0.39, 0.29) is 11.0 Å². The summed E-state index contributed by atoms with van der Waals surface area (Å²) in [5.41, 5.74) is 5.09. The molecule has 2 unspecified atom stereocenters. The van der Waals surface area contributed by atoms with E-state index in [2.05, 4.69) is 10.1 Å². The van der Waals surface area contributed by atoms with E-state index in [4.69, 9.17) is 10.9 Å². The fourth-order valence-electron chi connectivity index (χ4n) is 3.85. The summed E-state index contributed by atoms with van der Waals surface area (Å²) in [6, 6.07) is 0. The van der Waals surface area contributed by atoms with Gasteiger partial charge in [0.05, 0.1) is 5.60 Å². The van der Waals surface area contributed by atoms with Crippen LogP contribution in [0.1, 0.15) is 58.8 Å². The van der Waals surface area contributed by atoms with Crippen molar-refractivity contribution in [2.45, 2.75) is 64.4 Å². The molecule has 0 aromatic carbocycles. The number of hydrogen-bond donors (Lipinski definition) is 3. The quantitative estimate of drug-likeness (QED) is 0.314. The second kappa shape index (κ2) is 6.53. The maximum atomic E-state index is 10.7. The Bertz CT molecular complexity index is 384. The van der Waals surface area contributed by atoms with Crippen LogP contribution in [0.2, 0.25) is 0 Å². The Hall–Kier alpha value is -0.810. The molecule has 0 spiro atoms. The molecule has 122 valence electrons. The summed E-state index contributed by atoms with van der Waals surface area (Å²) < 4.78 is 0. The third kappa shape index (κ3) is 3.89. The van der Waals surface area contributed by atoms with Crippen molar-refractivity contribution in [3.8, 4) is 0 Å². The zero-order chi connectivity index (χ0) is 15.5. The van der Waals surface area contributed by atoms with Crippen molar-refractivity contribution >= 4 is 5.84 Å². The lowest BCUT2D eigenvalue weighted by molar-refractivity contribution is -0.0954. The van der Waals surface area contributed by atoms with Gasteiger partial charge in [0, 0.05) is 24.4 Å². The molecule has 0 aromatic heterocycles. The van der Waals surface area contributed by atoms with Gasteiger partial charge >= 0.3 is 0 Å². The molecule has 1 aliphatic heterocycles. The number of amidine groups is 1. The van der Waals surface area contributed by atoms with Crippen LogP contribution in [-0.2, 0) is 0 Å². The van der Waals surface area contributed by atoms with E-state index >= 15 is 0 Å². The predicted molar refractivity (Wildman–Crippen MR) is 84.4 cm³/mol. The van der Waals surface area contributed by atoms with Crippen molar-refractivity contribution in [3.05, 3.63) is 0 Å². The Morgan fingerprint density at radius 2 is 2.14 bits per heavy atom. The van der Waals surface area contributed by atoms with Gasteiger partial charge in [-0.2, -0.15) is 0 Å². The van der Waals surface area contributed by atoms with Crippen molar-refractivity contribution in [2.75, 3.05) is 19.6 Å². The fraction of sp³-hybridized carbons (Fsp3) is 0.938. The van der Waals surface area contributed by atoms with Gasteiger partial charge in [0.2, 0.25) is 0 Å². The Labute approximate surface area is 128 Å². The number of nitrogens with zero attached hydrogens (tertiary/aromatic N) is 2. The molecular weight excluding hydrogens is 266 g/mol. The van der Waals surface area contributed by atoms with Gasteiger partial charge < -0.3 is 20.9 Å². The molecule has 1 saturated heterocycles. The Balaban J connectivity index is 1.78. The average Bonchev–Trinajstić information content (AvgIpc) is 2.46. The highest BCUT2D eigenvalue weighted by Crippen LogP contribution is 2.39. The highest BCUT2D eigenvalue weighted by Gasteiger charge is 2.42. The number of fused-ring (bicyclic) bond motifs is 1. The maximum Gasteiger partial charge on any atom is 0.144 e. The van der Waals surface area contributed by atoms with E-state index in [1.807, 2.05) is 13.8 Å². The second-order valence-electron chi connectivity index (χ2n) is 7.57. The van der Waals surface area contributed by atoms with E-state index in [1.54, 1.807) is 0 Å². The van der Waals surface area contributed by atoms with Gasteiger partial charge in [-0.15, -0.1) is 0 Å². The minimum Gasteiger partial charge on any atom is -0.409 e. The third-order valence-electron chi connectivity index (χ3n) is 5.59.